The normalized spacial score (nSPS) is 23.2. The summed E-state index contributed by atoms with van der Waals surface area (Å²) in [6, 6.07) is -1.73. The first-order chi connectivity index (χ1) is 14.1. The van der Waals surface area contributed by atoms with E-state index < -0.39 is 35.3 Å². The number of likely N-dealkylation sites (tertiary alicyclic amines) is 1. The lowest BCUT2D eigenvalue weighted by atomic mass is 9.88. The van der Waals surface area contributed by atoms with E-state index in [0.717, 1.165) is 0 Å². The van der Waals surface area contributed by atoms with Gasteiger partial charge in [0.2, 0.25) is 5.91 Å². The van der Waals surface area contributed by atoms with Crippen LogP contribution in [0, 0.1) is 11.8 Å². The first kappa shape index (κ1) is 27.3. The lowest BCUT2D eigenvalue weighted by Gasteiger charge is -2.38. The van der Waals surface area contributed by atoms with E-state index in [0.29, 0.717) is 12.8 Å². The predicted octanol–water partition coefficient (Wildman–Crippen LogP) is 4.63. The quantitative estimate of drug-likeness (QED) is 0.586. The van der Waals surface area contributed by atoms with Gasteiger partial charge in [-0.15, -0.1) is 0 Å². The van der Waals surface area contributed by atoms with E-state index in [-0.39, 0.29) is 23.8 Å². The smallest absolute Gasteiger partial charge is 0.411 e. The van der Waals surface area contributed by atoms with E-state index in [1.54, 1.807) is 47.6 Å². The van der Waals surface area contributed by atoms with Crippen molar-refractivity contribution in [2.24, 2.45) is 11.8 Å². The van der Waals surface area contributed by atoms with Crippen molar-refractivity contribution in [3.63, 3.8) is 0 Å². The molecule has 4 atom stereocenters. The fraction of sp³-hybridized carbons (Fsp3) is 0.783. The van der Waals surface area contributed by atoms with Crippen molar-refractivity contribution in [2.45, 2.75) is 104 Å². The van der Waals surface area contributed by atoms with Gasteiger partial charge in [-0.05, 0) is 60.3 Å². The molecule has 7 nitrogen and oxygen atoms in total. The number of hydrogen-bond donors (Lipinski definition) is 1. The molecule has 0 saturated carbocycles. The van der Waals surface area contributed by atoms with Crippen LogP contribution in [-0.2, 0) is 19.1 Å². The summed E-state index contributed by atoms with van der Waals surface area (Å²) < 4.78 is 11.3. The van der Waals surface area contributed by atoms with Gasteiger partial charge in [0.1, 0.15) is 17.2 Å². The van der Waals surface area contributed by atoms with Gasteiger partial charge in [0.15, 0.2) is 0 Å². The molecule has 0 spiro atoms. The van der Waals surface area contributed by atoms with Crippen LogP contribution in [0.25, 0.3) is 0 Å². The number of nitrogens with zero attached hydrogens (tertiary/aromatic N) is 1. The third kappa shape index (κ3) is 8.71. The Hall–Kier alpha value is -1.76. The molecule has 0 aromatic heterocycles. The minimum Gasteiger partial charge on any atom is -0.458 e. The summed E-state index contributed by atoms with van der Waals surface area (Å²) in [5.74, 6) is -0.708. The Bertz CT molecular complexity index is 678. The standard InChI is InChI=1S/C23H39ClN2O5/c1-14(2)12-17(25-15(3)27)19-16(10-11-24)13-18(20(28)30-22(4,5)6)26(19)21(29)31-23(7,8)9/h10-11,14,16-19H,12-13H2,1-9H3,(H,25,27)/t16-,17-,18-,19+/m0/s1. The summed E-state index contributed by atoms with van der Waals surface area (Å²) in [5.41, 5.74) is -0.0632. The summed E-state index contributed by atoms with van der Waals surface area (Å²) in [7, 11) is 0. The molecule has 8 heteroatoms. The molecule has 1 N–H and O–H groups in total. The average molecular weight is 459 g/mol. The van der Waals surface area contributed by atoms with Crippen LogP contribution in [0.2, 0.25) is 0 Å². The van der Waals surface area contributed by atoms with Gasteiger partial charge in [-0.2, -0.15) is 0 Å². The SMILES string of the molecule is CC(=O)N[C@@H](CC(C)C)[C@H]1[C@@H](C=CCl)C[C@@H](C(=O)OC(C)(C)C)N1C(=O)OC(C)(C)C. The third-order valence-electron chi connectivity index (χ3n) is 4.72. The highest BCUT2D eigenvalue weighted by Crippen LogP contribution is 2.37. The fourth-order valence-corrected chi connectivity index (χ4v) is 4.09. The van der Waals surface area contributed by atoms with Crippen molar-refractivity contribution >= 4 is 29.6 Å². The summed E-state index contributed by atoms with van der Waals surface area (Å²) in [6.07, 6.45) is 2.11. The molecule has 0 aromatic rings. The summed E-state index contributed by atoms with van der Waals surface area (Å²) >= 11 is 5.91. The number of carbonyl (C=O) groups is 3. The third-order valence-corrected chi connectivity index (χ3v) is 4.87. The number of nitrogens with one attached hydrogen (secondary N) is 1. The predicted molar refractivity (Wildman–Crippen MR) is 122 cm³/mol. The summed E-state index contributed by atoms with van der Waals surface area (Å²) in [4.78, 5) is 39.8. The van der Waals surface area contributed by atoms with Gasteiger partial charge in [-0.1, -0.05) is 31.5 Å². The largest absolute Gasteiger partial charge is 0.458 e. The topological polar surface area (TPSA) is 84.9 Å². The first-order valence-corrected chi connectivity index (χ1v) is 11.3. The van der Waals surface area contributed by atoms with Crippen molar-refractivity contribution in [3.05, 3.63) is 11.6 Å². The number of amides is 2. The summed E-state index contributed by atoms with van der Waals surface area (Å²) in [5, 5.41) is 2.98. The monoisotopic (exact) mass is 458 g/mol. The van der Waals surface area contributed by atoms with E-state index in [1.807, 2.05) is 13.8 Å². The highest BCUT2D eigenvalue weighted by atomic mass is 35.5. The number of halogens is 1. The van der Waals surface area contributed by atoms with Gasteiger partial charge in [0, 0.05) is 18.4 Å². The van der Waals surface area contributed by atoms with E-state index in [2.05, 4.69) is 5.32 Å². The number of rotatable bonds is 6. The maximum Gasteiger partial charge on any atom is 0.411 e. The van der Waals surface area contributed by atoms with E-state index in [1.165, 1.54) is 17.4 Å². The molecule has 0 bridgehead atoms. The van der Waals surface area contributed by atoms with Gasteiger partial charge >= 0.3 is 12.1 Å². The minimum absolute atomic E-state index is 0.205. The molecular weight excluding hydrogens is 420 g/mol. The zero-order chi connectivity index (χ0) is 24.1. The van der Waals surface area contributed by atoms with E-state index in [4.69, 9.17) is 21.1 Å². The van der Waals surface area contributed by atoms with Gasteiger partial charge in [-0.25, -0.2) is 9.59 Å². The van der Waals surface area contributed by atoms with Crippen LogP contribution in [0.3, 0.4) is 0 Å². The Balaban J connectivity index is 3.50. The van der Waals surface area contributed by atoms with Gasteiger partial charge in [-0.3, -0.25) is 9.69 Å². The second-order valence-electron chi connectivity index (χ2n) is 10.6. The van der Waals surface area contributed by atoms with Crippen molar-refractivity contribution in [3.8, 4) is 0 Å². The number of hydrogen-bond acceptors (Lipinski definition) is 5. The lowest BCUT2D eigenvalue weighted by Crippen LogP contribution is -2.57. The van der Waals surface area contributed by atoms with Crippen LogP contribution in [0.5, 0.6) is 0 Å². The molecule has 178 valence electrons. The zero-order valence-electron chi connectivity index (χ0n) is 20.3. The molecule has 1 rings (SSSR count). The first-order valence-electron chi connectivity index (χ1n) is 10.8. The maximum atomic E-state index is 13.3. The van der Waals surface area contributed by atoms with Crippen molar-refractivity contribution in [1.82, 2.24) is 10.2 Å². The number of ether oxygens (including phenoxy) is 2. The Kier molecular flexibility index (Phi) is 9.42. The minimum atomic E-state index is -0.847. The van der Waals surface area contributed by atoms with Gasteiger partial charge < -0.3 is 14.8 Å². The number of esters is 1. The van der Waals surface area contributed by atoms with Crippen molar-refractivity contribution in [1.29, 1.82) is 0 Å². The molecule has 1 aliphatic heterocycles. The molecule has 0 aromatic carbocycles. The Morgan fingerprint density at radius 2 is 1.65 bits per heavy atom. The van der Waals surface area contributed by atoms with Crippen LogP contribution < -0.4 is 5.32 Å². The molecule has 1 saturated heterocycles. The molecule has 0 aliphatic carbocycles. The van der Waals surface area contributed by atoms with Crippen LogP contribution in [0.1, 0.15) is 75.2 Å². The zero-order valence-corrected chi connectivity index (χ0v) is 21.1. The molecule has 2 amide bonds. The molecule has 31 heavy (non-hydrogen) atoms. The second-order valence-corrected chi connectivity index (χ2v) is 10.8. The number of carbonyl (C=O) groups excluding carboxylic acids is 3. The van der Waals surface area contributed by atoms with Crippen LogP contribution in [-0.4, -0.2) is 52.2 Å². The molecular formula is C23H39ClN2O5. The van der Waals surface area contributed by atoms with Crippen molar-refractivity contribution in [2.75, 3.05) is 0 Å². The fourth-order valence-electron chi connectivity index (χ4n) is 3.90. The van der Waals surface area contributed by atoms with E-state index in [9.17, 15) is 14.4 Å². The molecule has 1 heterocycles. The molecule has 1 aliphatic rings. The highest BCUT2D eigenvalue weighted by Gasteiger charge is 2.51. The highest BCUT2D eigenvalue weighted by molar-refractivity contribution is 6.25. The lowest BCUT2D eigenvalue weighted by molar-refractivity contribution is -0.160. The van der Waals surface area contributed by atoms with Gasteiger partial charge in [0.25, 0.3) is 0 Å². The van der Waals surface area contributed by atoms with Crippen molar-refractivity contribution < 1.29 is 23.9 Å². The Morgan fingerprint density at radius 3 is 2.06 bits per heavy atom. The molecule has 0 unspecified atom stereocenters. The van der Waals surface area contributed by atoms with Gasteiger partial charge in [0.05, 0.1) is 12.1 Å². The van der Waals surface area contributed by atoms with Crippen LogP contribution in [0.15, 0.2) is 11.6 Å². The summed E-state index contributed by atoms with van der Waals surface area (Å²) in [6.45, 7) is 16.2. The second kappa shape index (κ2) is 10.7. The van der Waals surface area contributed by atoms with E-state index >= 15 is 0 Å². The van der Waals surface area contributed by atoms with Crippen LogP contribution >= 0.6 is 11.6 Å². The Labute approximate surface area is 191 Å². The maximum absolute atomic E-state index is 13.3. The molecule has 0 radical (unpaired) electrons. The van der Waals surface area contributed by atoms with Crippen LogP contribution in [0.4, 0.5) is 4.79 Å². The average Bonchev–Trinajstić information content (AvgIpc) is 2.90. The Morgan fingerprint density at radius 1 is 1.10 bits per heavy atom. The molecule has 1 fully saturated rings.